The number of ether oxygens (including phenoxy) is 2. The Bertz CT molecular complexity index is 963. The molecule has 1 fully saturated rings. The Hall–Kier alpha value is -2.82. The van der Waals surface area contributed by atoms with Crippen LogP contribution in [0.15, 0.2) is 78.9 Å². The summed E-state index contributed by atoms with van der Waals surface area (Å²) in [5.74, 6) is 1.92. The minimum atomic E-state index is 0.00837. The van der Waals surface area contributed by atoms with Crippen LogP contribution in [0.5, 0.6) is 11.5 Å². The molecule has 0 amide bonds. The van der Waals surface area contributed by atoms with Crippen LogP contribution in [0.2, 0.25) is 0 Å². The average molecular weight is 460 g/mol. The largest absolute Gasteiger partial charge is 0.496 e. The molecule has 0 radical (unpaired) electrons. The lowest BCUT2D eigenvalue weighted by molar-refractivity contribution is 0.0706. The third-order valence-corrected chi connectivity index (χ3v) is 7.27. The molecular weight excluding hydrogens is 422 g/mol. The van der Waals surface area contributed by atoms with E-state index in [0.29, 0.717) is 12.1 Å². The van der Waals surface area contributed by atoms with Crippen molar-refractivity contribution in [3.63, 3.8) is 0 Å². The predicted molar refractivity (Wildman–Crippen MR) is 138 cm³/mol. The van der Waals surface area contributed by atoms with Crippen molar-refractivity contribution < 1.29 is 14.6 Å². The smallest absolute Gasteiger partial charge is 0.122 e. The molecule has 4 heteroatoms. The second-order valence-electron chi connectivity index (χ2n) is 9.14. The van der Waals surface area contributed by atoms with Gasteiger partial charge in [0.25, 0.3) is 0 Å². The van der Waals surface area contributed by atoms with Crippen molar-refractivity contribution in [3.05, 3.63) is 95.6 Å². The molecule has 34 heavy (non-hydrogen) atoms. The van der Waals surface area contributed by atoms with E-state index in [9.17, 15) is 5.11 Å². The molecule has 1 aliphatic rings. The van der Waals surface area contributed by atoms with Crippen LogP contribution in [0.4, 0.5) is 0 Å². The number of methoxy groups -OCH3 is 2. The van der Waals surface area contributed by atoms with E-state index >= 15 is 0 Å². The van der Waals surface area contributed by atoms with Gasteiger partial charge in [0.1, 0.15) is 11.5 Å². The summed E-state index contributed by atoms with van der Waals surface area (Å²) in [4.78, 5) is 2.61. The van der Waals surface area contributed by atoms with E-state index in [2.05, 4.69) is 53.4 Å². The number of likely N-dealkylation sites (tertiary alicyclic amines) is 1. The summed E-state index contributed by atoms with van der Waals surface area (Å²) in [7, 11) is 3.48. The van der Waals surface area contributed by atoms with E-state index < -0.39 is 0 Å². The monoisotopic (exact) mass is 459 g/mol. The molecule has 4 rings (SSSR count). The summed E-state index contributed by atoms with van der Waals surface area (Å²) in [6.45, 7) is 0.125. The first-order valence-corrected chi connectivity index (χ1v) is 12.4. The Kier molecular flexibility index (Phi) is 8.62. The van der Waals surface area contributed by atoms with Crippen LogP contribution in [0.25, 0.3) is 0 Å². The molecule has 1 aliphatic heterocycles. The molecule has 0 bridgehead atoms. The van der Waals surface area contributed by atoms with E-state index in [4.69, 9.17) is 9.47 Å². The molecule has 1 saturated heterocycles. The van der Waals surface area contributed by atoms with Crippen LogP contribution in [0.1, 0.15) is 48.4 Å². The van der Waals surface area contributed by atoms with Gasteiger partial charge in [0.05, 0.1) is 26.9 Å². The summed E-state index contributed by atoms with van der Waals surface area (Å²) in [5.41, 5.74) is 3.70. The van der Waals surface area contributed by atoms with Gasteiger partial charge < -0.3 is 14.6 Å². The Balaban J connectivity index is 1.54. The van der Waals surface area contributed by atoms with Crippen LogP contribution in [-0.4, -0.2) is 42.9 Å². The van der Waals surface area contributed by atoms with Crippen LogP contribution >= 0.6 is 0 Å². The van der Waals surface area contributed by atoms with Gasteiger partial charge in [-0.1, -0.05) is 66.7 Å². The molecule has 1 N–H and O–H groups in total. The van der Waals surface area contributed by atoms with Crippen molar-refractivity contribution in [2.24, 2.45) is 0 Å². The number of hydrogen-bond acceptors (Lipinski definition) is 4. The maximum Gasteiger partial charge on any atom is 0.122 e. The van der Waals surface area contributed by atoms with Gasteiger partial charge in [0.15, 0.2) is 0 Å². The molecule has 0 spiro atoms. The topological polar surface area (TPSA) is 41.9 Å². The minimum Gasteiger partial charge on any atom is -0.496 e. The van der Waals surface area contributed by atoms with Gasteiger partial charge in [-0.15, -0.1) is 0 Å². The highest BCUT2D eigenvalue weighted by molar-refractivity contribution is 5.34. The molecule has 0 aromatic heterocycles. The average Bonchev–Trinajstić information content (AvgIpc) is 3.30. The molecule has 4 nitrogen and oxygen atoms in total. The Morgan fingerprint density at radius 3 is 1.68 bits per heavy atom. The maximum absolute atomic E-state index is 10.5. The van der Waals surface area contributed by atoms with Crippen molar-refractivity contribution in [1.82, 2.24) is 4.90 Å². The Morgan fingerprint density at radius 1 is 0.735 bits per heavy atom. The van der Waals surface area contributed by atoms with Gasteiger partial charge in [0.2, 0.25) is 0 Å². The van der Waals surface area contributed by atoms with Gasteiger partial charge in [-0.2, -0.15) is 0 Å². The van der Waals surface area contributed by atoms with Crippen LogP contribution in [-0.2, 0) is 12.8 Å². The quantitative estimate of drug-likeness (QED) is 0.391. The SMILES string of the molecule is COc1ccccc1CC[C@@H]1CC[C@@H](CCc2ccccc2OC)N1[C@@H](CO)c1ccccc1. The summed E-state index contributed by atoms with van der Waals surface area (Å²) in [6.07, 6.45) is 6.34. The maximum atomic E-state index is 10.5. The Morgan fingerprint density at radius 2 is 1.21 bits per heavy atom. The van der Waals surface area contributed by atoms with Crippen LogP contribution in [0.3, 0.4) is 0 Å². The first kappa shape index (κ1) is 24.3. The van der Waals surface area contributed by atoms with Crippen LogP contribution < -0.4 is 9.47 Å². The lowest BCUT2D eigenvalue weighted by atomic mass is 9.98. The molecule has 3 aromatic carbocycles. The summed E-state index contributed by atoms with van der Waals surface area (Å²) in [6, 6.07) is 28.0. The number of benzene rings is 3. The number of aliphatic hydroxyl groups is 1. The zero-order valence-electron chi connectivity index (χ0n) is 20.4. The minimum absolute atomic E-state index is 0.00837. The molecule has 1 heterocycles. The second-order valence-corrected chi connectivity index (χ2v) is 9.14. The van der Waals surface area contributed by atoms with Gasteiger partial charge in [0, 0.05) is 12.1 Å². The Labute approximate surface area is 204 Å². The highest BCUT2D eigenvalue weighted by Gasteiger charge is 2.38. The second kappa shape index (κ2) is 12.0. The zero-order valence-corrected chi connectivity index (χ0v) is 20.4. The van der Waals surface area contributed by atoms with Gasteiger partial charge >= 0.3 is 0 Å². The lowest BCUT2D eigenvalue weighted by Crippen LogP contribution is -2.41. The summed E-state index contributed by atoms with van der Waals surface area (Å²) < 4.78 is 11.2. The van der Waals surface area contributed by atoms with Crippen molar-refractivity contribution >= 4 is 0 Å². The van der Waals surface area contributed by atoms with Gasteiger partial charge in [-0.3, -0.25) is 4.90 Å². The number of aliphatic hydroxyl groups excluding tert-OH is 1. The number of hydrogen-bond donors (Lipinski definition) is 1. The predicted octanol–water partition coefficient (Wildman–Crippen LogP) is 5.84. The fourth-order valence-electron chi connectivity index (χ4n) is 5.59. The van der Waals surface area contributed by atoms with Crippen LogP contribution in [0, 0.1) is 0 Å². The number of para-hydroxylation sites is 2. The third kappa shape index (κ3) is 5.63. The number of nitrogens with zero attached hydrogens (tertiary/aromatic N) is 1. The first-order valence-electron chi connectivity index (χ1n) is 12.4. The van der Waals surface area contributed by atoms with E-state index in [1.54, 1.807) is 14.2 Å². The third-order valence-electron chi connectivity index (χ3n) is 7.27. The van der Waals surface area contributed by atoms with Gasteiger partial charge in [-0.05, 0) is 67.3 Å². The van der Waals surface area contributed by atoms with E-state index in [1.807, 2.05) is 30.3 Å². The molecular formula is C30H37NO3. The van der Waals surface area contributed by atoms with E-state index in [-0.39, 0.29) is 12.6 Å². The normalized spacial score (nSPS) is 19.1. The number of aryl methyl sites for hydroxylation is 2. The summed E-state index contributed by atoms with van der Waals surface area (Å²) in [5, 5.41) is 10.5. The molecule has 3 aromatic rings. The standard InChI is InChI=1S/C30H37NO3/c1-33-29-14-8-6-12-24(29)16-18-26-20-21-27(19-17-25-13-7-9-15-30(25)34-2)31(26)28(22-32)23-10-4-3-5-11-23/h3-15,26-28,32H,16-22H2,1-2H3/t26-,27-,28+/m1/s1. The molecule has 3 atom stereocenters. The van der Waals surface area contributed by atoms with Crippen molar-refractivity contribution in [1.29, 1.82) is 0 Å². The lowest BCUT2D eigenvalue weighted by Gasteiger charge is -2.37. The number of rotatable bonds is 11. The van der Waals surface area contributed by atoms with Crippen molar-refractivity contribution in [3.8, 4) is 11.5 Å². The zero-order chi connectivity index (χ0) is 23.8. The fourth-order valence-corrected chi connectivity index (χ4v) is 5.59. The summed E-state index contributed by atoms with van der Waals surface area (Å²) >= 11 is 0. The molecule has 0 aliphatic carbocycles. The van der Waals surface area contributed by atoms with Gasteiger partial charge in [-0.25, -0.2) is 0 Å². The highest BCUT2D eigenvalue weighted by atomic mass is 16.5. The first-order chi connectivity index (χ1) is 16.7. The fraction of sp³-hybridized carbons (Fsp3) is 0.400. The van der Waals surface area contributed by atoms with Crippen molar-refractivity contribution in [2.75, 3.05) is 20.8 Å². The van der Waals surface area contributed by atoms with Crippen molar-refractivity contribution in [2.45, 2.75) is 56.7 Å². The molecule has 180 valence electrons. The molecule has 0 saturated carbocycles. The molecule has 0 unspecified atom stereocenters. The highest BCUT2D eigenvalue weighted by Crippen LogP contribution is 2.38. The van der Waals surface area contributed by atoms with E-state index in [0.717, 1.165) is 50.0 Å². The van der Waals surface area contributed by atoms with E-state index in [1.165, 1.54) is 16.7 Å².